The average molecular weight is 199 g/mol. The Bertz CT molecular complexity index is 280. The number of hydrogen-bond acceptors (Lipinski definition) is 5. The van der Waals surface area contributed by atoms with E-state index in [1.165, 1.54) is 11.8 Å². The first-order valence-corrected chi connectivity index (χ1v) is 4.57. The summed E-state index contributed by atoms with van der Waals surface area (Å²) in [6, 6.07) is 0.829. The molecule has 1 aromatic heterocycles. The highest BCUT2D eigenvalue weighted by molar-refractivity contribution is 7.99. The number of carbonyl (C=O) groups is 1. The van der Waals surface area contributed by atoms with Crippen molar-refractivity contribution in [1.29, 1.82) is 0 Å². The van der Waals surface area contributed by atoms with Gasteiger partial charge in [-0.05, 0) is 6.07 Å². The van der Waals surface area contributed by atoms with Gasteiger partial charge in [0.1, 0.15) is 6.04 Å². The van der Waals surface area contributed by atoms with E-state index in [1.54, 1.807) is 18.5 Å². The molecule has 0 saturated carbocycles. The van der Waals surface area contributed by atoms with Gasteiger partial charge in [-0.1, -0.05) is 11.8 Å². The van der Waals surface area contributed by atoms with Gasteiger partial charge >= 0.3 is 5.97 Å². The van der Waals surface area contributed by atoms with Crippen LogP contribution in [-0.2, 0) is 4.79 Å². The highest BCUT2D eigenvalue weighted by atomic mass is 32.2. The summed E-state index contributed by atoms with van der Waals surface area (Å²) in [5, 5.41) is 9.02. The quantitative estimate of drug-likeness (QED) is 0.523. The number of carboxylic acids is 1. The second-order valence-corrected chi connectivity index (χ2v) is 3.27. The third kappa shape index (κ3) is 3.39. The number of aliphatic carboxylic acids is 1. The Morgan fingerprint density at radius 1 is 1.62 bits per heavy atom. The van der Waals surface area contributed by atoms with Crippen molar-refractivity contribution in [3.63, 3.8) is 0 Å². The molecule has 0 aromatic carbocycles. The highest BCUT2D eigenvalue weighted by Gasteiger charge is 2.11. The lowest BCUT2D eigenvalue weighted by Gasteiger charge is -2.03. The van der Waals surface area contributed by atoms with Crippen LogP contribution in [0.25, 0.3) is 0 Å². The van der Waals surface area contributed by atoms with Crippen molar-refractivity contribution >= 4 is 17.7 Å². The van der Waals surface area contributed by atoms with Crippen LogP contribution >= 0.6 is 11.8 Å². The summed E-state index contributed by atoms with van der Waals surface area (Å²) < 4.78 is 0. The number of nitrogens with two attached hydrogens (primary N) is 1. The summed E-state index contributed by atoms with van der Waals surface area (Å²) in [5.41, 5.74) is 5.29. The number of carboxylic acid groups (broad SMARTS) is 1. The highest BCUT2D eigenvalue weighted by Crippen LogP contribution is 2.11. The zero-order valence-corrected chi connectivity index (χ0v) is 7.57. The smallest absolute Gasteiger partial charge is 0.321 e. The van der Waals surface area contributed by atoms with E-state index in [2.05, 4.69) is 9.97 Å². The maximum Gasteiger partial charge on any atom is 0.321 e. The third-order valence-electron chi connectivity index (χ3n) is 1.25. The SMILES string of the molecule is N[C@@H](CSc1ncccn1)C(=O)O. The van der Waals surface area contributed by atoms with Gasteiger partial charge < -0.3 is 10.8 Å². The summed E-state index contributed by atoms with van der Waals surface area (Å²) in [6.45, 7) is 0. The lowest BCUT2D eigenvalue weighted by Crippen LogP contribution is -2.32. The molecule has 5 nitrogen and oxygen atoms in total. The fourth-order valence-electron chi connectivity index (χ4n) is 0.596. The van der Waals surface area contributed by atoms with Crippen molar-refractivity contribution in [1.82, 2.24) is 9.97 Å². The van der Waals surface area contributed by atoms with Crippen LogP contribution < -0.4 is 5.73 Å². The normalized spacial score (nSPS) is 12.4. The number of rotatable bonds is 4. The number of hydrogen-bond donors (Lipinski definition) is 2. The van der Waals surface area contributed by atoms with E-state index in [0.717, 1.165) is 0 Å². The van der Waals surface area contributed by atoms with Crippen molar-refractivity contribution in [3.05, 3.63) is 18.5 Å². The lowest BCUT2D eigenvalue weighted by molar-refractivity contribution is -0.137. The summed E-state index contributed by atoms with van der Waals surface area (Å²) >= 11 is 1.23. The average Bonchev–Trinajstić information content (AvgIpc) is 2.15. The molecule has 0 spiro atoms. The van der Waals surface area contributed by atoms with Crippen LogP contribution in [0.5, 0.6) is 0 Å². The molecule has 3 N–H and O–H groups in total. The van der Waals surface area contributed by atoms with Crippen molar-refractivity contribution in [2.45, 2.75) is 11.2 Å². The lowest BCUT2D eigenvalue weighted by atomic mass is 10.4. The van der Waals surface area contributed by atoms with E-state index in [-0.39, 0.29) is 5.75 Å². The zero-order valence-electron chi connectivity index (χ0n) is 6.75. The molecule has 0 amide bonds. The topological polar surface area (TPSA) is 89.1 Å². The van der Waals surface area contributed by atoms with E-state index in [9.17, 15) is 4.79 Å². The molecule has 1 heterocycles. The van der Waals surface area contributed by atoms with Gasteiger partial charge in [-0.3, -0.25) is 4.79 Å². The summed E-state index contributed by atoms with van der Waals surface area (Å²) in [7, 11) is 0. The minimum Gasteiger partial charge on any atom is -0.480 e. The Morgan fingerprint density at radius 2 is 2.23 bits per heavy atom. The Balaban J connectivity index is 2.39. The molecule has 1 atom stereocenters. The van der Waals surface area contributed by atoms with Gasteiger partial charge in [0.25, 0.3) is 0 Å². The Morgan fingerprint density at radius 3 is 2.77 bits per heavy atom. The monoisotopic (exact) mass is 199 g/mol. The van der Waals surface area contributed by atoms with E-state index in [1.807, 2.05) is 0 Å². The van der Waals surface area contributed by atoms with Crippen LogP contribution in [0.4, 0.5) is 0 Å². The molecule has 1 aromatic rings. The van der Waals surface area contributed by atoms with Gasteiger partial charge in [0.05, 0.1) is 0 Å². The third-order valence-corrected chi connectivity index (χ3v) is 2.25. The molecule has 1 rings (SSSR count). The molecule has 13 heavy (non-hydrogen) atoms. The minimum absolute atomic E-state index is 0.277. The van der Waals surface area contributed by atoms with Crippen molar-refractivity contribution < 1.29 is 9.90 Å². The zero-order chi connectivity index (χ0) is 9.68. The van der Waals surface area contributed by atoms with Crippen molar-refractivity contribution in [3.8, 4) is 0 Å². The first kappa shape index (κ1) is 9.94. The predicted molar refractivity (Wildman–Crippen MR) is 48.4 cm³/mol. The van der Waals surface area contributed by atoms with Crippen molar-refractivity contribution in [2.24, 2.45) is 5.73 Å². The van der Waals surface area contributed by atoms with Gasteiger partial charge in [-0.15, -0.1) is 0 Å². The Labute approximate surface area is 79.4 Å². The summed E-state index contributed by atoms with van der Waals surface area (Å²) in [4.78, 5) is 18.2. The molecule has 6 heteroatoms. The van der Waals surface area contributed by atoms with Gasteiger partial charge in [-0.25, -0.2) is 9.97 Å². The molecule has 0 aliphatic heterocycles. The number of nitrogens with zero attached hydrogens (tertiary/aromatic N) is 2. The number of aromatic nitrogens is 2. The Hall–Kier alpha value is -1.14. The predicted octanol–water partition coefficient (Wildman–Crippen LogP) is -0.0194. The van der Waals surface area contributed by atoms with Crippen LogP contribution in [0.15, 0.2) is 23.6 Å². The largest absolute Gasteiger partial charge is 0.480 e. The minimum atomic E-state index is -1.01. The van der Waals surface area contributed by atoms with Crippen LogP contribution in [-0.4, -0.2) is 32.8 Å². The van der Waals surface area contributed by atoms with E-state index < -0.39 is 12.0 Å². The van der Waals surface area contributed by atoms with Gasteiger partial charge in [0.15, 0.2) is 5.16 Å². The first-order chi connectivity index (χ1) is 6.20. The summed E-state index contributed by atoms with van der Waals surface area (Å²) in [5.74, 6) is -0.734. The molecule has 0 saturated heterocycles. The first-order valence-electron chi connectivity index (χ1n) is 3.58. The molecular weight excluding hydrogens is 190 g/mol. The van der Waals surface area contributed by atoms with E-state index in [4.69, 9.17) is 10.8 Å². The van der Waals surface area contributed by atoms with E-state index in [0.29, 0.717) is 5.16 Å². The summed E-state index contributed by atoms with van der Waals surface area (Å²) in [6.07, 6.45) is 3.20. The maximum absolute atomic E-state index is 10.3. The molecule has 0 radical (unpaired) electrons. The molecule has 70 valence electrons. The van der Waals surface area contributed by atoms with Gasteiger partial charge in [0.2, 0.25) is 0 Å². The van der Waals surface area contributed by atoms with Gasteiger partial charge in [0, 0.05) is 18.1 Å². The molecule has 0 bridgehead atoms. The number of thioether (sulfide) groups is 1. The van der Waals surface area contributed by atoms with Crippen LogP contribution in [0.2, 0.25) is 0 Å². The van der Waals surface area contributed by atoms with Crippen LogP contribution in [0.1, 0.15) is 0 Å². The fraction of sp³-hybridized carbons (Fsp3) is 0.286. The second kappa shape index (κ2) is 4.78. The standard InChI is InChI=1S/C7H9N3O2S/c8-5(6(11)12)4-13-7-9-2-1-3-10-7/h1-3,5H,4,8H2,(H,11,12)/t5-/m0/s1. The van der Waals surface area contributed by atoms with Gasteiger partial charge in [-0.2, -0.15) is 0 Å². The molecular formula is C7H9N3O2S. The Kier molecular flexibility index (Phi) is 3.66. The molecule has 0 fully saturated rings. The van der Waals surface area contributed by atoms with Crippen LogP contribution in [0, 0.1) is 0 Å². The fourth-order valence-corrected chi connectivity index (χ4v) is 1.34. The van der Waals surface area contributed by atoms with Crippen LogP contribution in [0.3, 0.4) is 0 Å². The van der Waals surface area contributed by atoms with Crippen molar-refractivity contribution in [2.75, 3.05) is 5.75 Å². The molecule has 0 aliphatic rings. The molecule has 0 aliphatic carbocycles. The molecule has 0 unspecified atom stereocenters. The van der Waals surface area contributed by atoms with E-state index >= 15 is 0 Å². The maximum atomic E-state index is 10.3. The second-order valence-electron chi connectivity index (χ2n) is 2.29.